The summed E-state index contributed by atoms with van der Waals surface area (Å²) in [4.78, 5) is 15.0. The molecule has 1 aromatic heterocycles. The van der Waals surface area contributed by atoms with Crippen molar-refractivity contribution in [2.75, 3.05) is 19.7 Å². The van der Waals surface area contributed by atoms with Gasteiger partial charge in [0.1, 0.15) is 0 Å². The number of alkyl halides is 3. The quantitative estimate of drug-likeness (QED) is 0.849. The Bertz CT molecular complexity index is 456. The molecule has 20 heavy (non-hydrogen) atoms. The molecule has 0 radical (unpaired) electrons. The second-order valence-corrected chi connectivity index (χ2v) is 5.55. The fraction of sp³-hybridized carbons (Fsp3) is 0.667. The lowest BCUT2D eigenvalue weighted by Crippen LogP contribution is -2.32. The van der Waals surface area contributed by atoms with Crippen LogP contribution in [0.15, 0.2) is 6.20 Å². The number of carbonyl (C=O) groups excluding carboxylic acids is 1. The van der Waals surface area contributed by atoms with Crippen LogP contribution in [0.3, 0.4) is 0 Å². The number of hydrogen-bond donors (Lipinski definition) is 1. The molecule has 1 aliphatic heterocycles. The Morgan fingerprint density at radius 1 is 1.45 bits per heavy atom. The number of carbonyl (C=O) groups is 1. The van der Waals surface area contributed by atoms with Gasteiger partial charge in [-0.15, -0.1) is 11.3 Å². The number of aromatic nitrogens is 1. The molecule has 1 fully saturated rings. The zero-order valence-corrected chi connectivity index (χ0v) is 11.5. The van der Waals surface area contributed by atoms with Crippen molar-refractivity contribution in [1.82, 2.24) is 10.3 Å². The lowest BCUT2D eigenvalue weighted by molar-refractivity contribution is -0.137. The van der Waals surface area contributed by atoms with Crippen LogP contribution in [0.2, 0.25) is 0 Å². The molecule has 2 heterocycles. The van der Waals surface area contributed by atoms with E-state index in [0.717, 1.165) is 32.1 Å². The Morgan fingerprint density at radius 2 is 2.15 bits per heavy atom. The van der Waals surface area contributed by atoms with E-state index in [1.807, 2.05) is 0 Å². The van der Waals surface area contributed by atoms with Crippen molar-refractivity contribution in [2.24, 2.45) is 0 Å². The van der Waals surface area contributed by atoms with Crippen molar-refractivity contribution in [3.05, 3.63) is 16.1 Å². The van der Waals surface area contributed by atoms with Crippen LogP contribution in [-0.4, -0.2) is 36.6 Å². The Morgan fingerprint density at radius 3 is 2.75 bits per heavy atom. The van der Waals surface area contributed by atoms with Crippen LogP contribution in [0.5, 0.6) is 0 Å². The molecular weight excluding hydrogens is 293 g/mol. The van der Waals surface area contributed by atoms with Crippen molar-refractivity contribution in [3.8, 4) is 0 Å². The maximum atomic E-state index is 12.4. The SMILES string of the molecule is O=C(CCOC1CCNCC1)c1cnc(C(F)(F)F)s1. The van der Waals surface area contributed by atoms with E-state index >= 15 is 0 Å². The van der Waals surface area contributed by atoms with Gasteiger partial charge in [-0.25, -0.2) is 4.98 Å². The molecule has 1 N–H and O–H groups in total. The lowest BCUT2D eigenvalue weighted by Gasteiger charge is -2.22. The van der Waals surface area contributed by atoms with Gasteiger partial charge in [0.05, 0.1) is 17.6 Å². The summed E-state index contributed by atoms with van der Waals surface area (Å²) in [6, 6.07) is 0. The number of nitrogens with zero attached hydrogens (tertiary/aromatic N) is 1. The van der Waals surface area contributed by atoms with E-state index in [0.29, 0.717) is 11.3 Å². The predicted octanol–water partition coefficient (Wildman–Crippen LogP) is 2.50. The summed E-state index contributed by atoms with van der Waals surface area (Å²) in [6.07, 6.45) is -1.49. The van der Waals surface area contributed by atoms with Crippen molar-refractivity contribution in [1.29, 1.82) is 0 Å². The molecule has 1 saturated heterocycles. The number of nitrogens with one attached hydrogen (secondary N) is 1. The summed E-state index contributed by atoms with van der Waals surface area (Å²) in [5, 5.41) is 2.21. The molecule has 0 aromatic carbocycles. The molecule has 8 heteroatoms. The molecule has 0 saturated carbocycles. The monoisotopic (exact) mass is 308 g/mol. The number of ether oxygens (including phenoxy) is 1. The zero-order chi connectivity index (χ0) is 14.6. The van der Waals surface area contributed by atoms with Crippen LogP contribution in [0.25, 0.3) is 0 Å². The molecule has 112 valence electrons. The van der Waals surface area contributed by atoms with Gasteiger partial charge >= 0.3 is 6.18 Å². The van der Waals surface area contributed by atoms with Gasteiger partial charge in [0, 0.05) is 12.6 Å². The van der Waals surface area contributed by atoms with Crippen molar-refractivity contribution < 1.29 is 22.7 Å². The summed E-state index contributed by atoms with van der Waals surface area (Å²) in [7, 11) is 0. The van der Waals surface area contributed by atoms with Crippen LogP contribution in [0.1, 0.15) is 33.9 Å². The molecule has 4 nitrogen and oxygen atoms in total. The van der Waals surface area contributed by atoms with Gasteiger partial charge in [0.15, 0.2) is 10.8 Å². The van der Waals surface area contributed by atoms with E-state index in [1.165, 1.54) is 0 Å². The van der Waals surface area contributed by atoms with E-state index in [9.17, 15) is 18.0 Å². The number of Topliss-reactive ketones (excluding diaryl/α,β-unsaturated/α-hetero) is 1. The van der Waals surface area contributed by atoms with Gasteiger partial charge in [-0.05, 0) is 25.9 Å². The minimum atomic E-state index is -4.49. The topological polar surface area (TPSA) is 51.2 Å². The first-order valence-corrected chi connectivity index (χ1v) is 7.17. The Hall–Kier alpha value is -0.990. The fourth-order valence-electron chi connectivity index (χ4n) is 1.94. The van der Waals surface area contributed by atoms with E-state index in [2.05, 4.69) is 10.3 Å². The molecular formula is C12H15F3N2O2S. The van der Waals surface area contributed by atoms with Crippen LogP contribution in [-0.2, 0) is 10.9 Å². The molecule has 2 rings (SSSR count). The number of halogens is 3. The highest BCUT2D eigenvalue weighted by Crippen LogP contribution is 2.32. The van der Waals surface area contributed by atoms with Gasteiger partial charge in [-0.2, -0.15) is 13.2 Å². The highest BCUT2D eigenvalue weighted by atomic mass is 32.1. The number of piperidine rings is 1. The number of ketones is 1. The normalized spacial score (nSPS) is 17.4. The second-order valence-electron chi connectivity index (χ2n) is 4.52. The van der Waals surface area contributed by atoms with Crippen LogP contribution < -0.4 is 5.32 Å². The molecule has 0 spiro atoms. The van der Waals surface area contributed by atoms with E-state index in [1.54, 1.807) is 0 Å². The zero-order valence-electron chi connectivity index (χ0n) is 10.7. The third-order valence-corrected chi connectivity index (χ3v) is 4.08. The molecule has 1 aromatic rings. The predicted molar refractivity (Wildman–Crippen MR) is 67.9 cm³/mol. The second kappa shape index (κ2) is 6.64. The smallest absolute Gasteiger partial charge is 0.378 e. The summed E-state index contributed by atoms with van der Waals surface area (Å²) >= 11 is 0.383. The summed E-state index contributed by atoms with van der Waals surface area (Å²) in [5.41, 5.74) is 0. The first-order chi connectivity index (χ1) is 9.47. The lowest BCUT2D eigenvalue weighted by atomic mass is 10.1. The van der Waals surface area contributed by atoms with E-state index < -0.39 is 11.2 Å². The van der Waals surface area contributed by atoms with Crippen molar-refractivity contribution in [2.45, 2.75) is 31.5 Å². The third-order valence-electron chi connectivity index (χ3n) is 2.99. The molecule has 0 amide bonds. The number of thiazole rings is 1. The highest BCUT2D eigenvalue weighted by Gasteiger charge is 2.35. The fourth-order valence-corrected chi connectivity index (χ4v) is 2.69. The minimum Gasteiger partial charge on any atom is -0.378 e. The maximum absolute atomic E-state index is 12.4. The standard InChI is InChI=1S/C12H15F3N2O2S/c13-12(14,15)11-17-7-10(20-11)9(18)3-6-19-8-1-4-16-5-2-8/h7-8,16H,1-6H2. The van der Waals surface area contributed by atoms with Gasteiger partial charge in [0.25, 0.3) is 0 Å². The third kappa shape index (κ3) is 4.26. The van der Waals surface area contributed by atoms with Crippen LogP contribution >= 0.6 is 11.3 Å². The number of hydrogen-bond acceptors (Lipinski definition) is 5. The average molecular weight is 308 g/mol. The van der Waals surface area contributed by atoms with Crippen molar-refractivity contribution >= 4 is 17.1 Å². The Labute approximate surface area is 118 Å². The summed E-state index contributed by atoms with van der Waals surface area (Å²) in [6.45, 7) is 2.02. The van der Waals surface area contributed by atoms with Crippen molar-refractivity contribution in [3.63, 3.8) is 0 Å². The highest BCUT2D eigenvalue weighted by molar-refractivity contribution is 7.13. The number of rotatable bonds is 5. The summed E-state index contributed by atoms with van der Waals surface area (Å²) in [5.74, 6) is -0.355. The molecule has 0 bridgehead atoms. The van der Waals surface area contributed by atoms with Gasteiger partial charge in [-0.1, -0.05) is 0 Å². The minimum absolute atomic E-state index is 0.0336. The largest absolute Gasteiger partial charge is 0.443 e. The first kappa shape index (κ1) is 15.4. The van der Waals surface area contributed by atoms with E-state index in [4.69, 9.17) is 4.74 Å². The first-order valence-electron chi connectivity index (χ1n) is 6.35. The van der Waals surface area contributed by atoms with Crippen LogP contribution in [0.4, 0.5) is 13.2 Å². The van der Waals surface area contributed by atoms with Gasteiger partial charge in [0.2, 0.25) is 0 Å². The molecule has 1 aliphatic rings. The maximum Gasteiger partial charge on any atom is 0.443 e. The molecule has 0 unspecified atom stereocenters. The Balaban J connectivity index is 1.78. The van der Waals surface area contributed by atoms with Gasteiger partial charge in [-0.3, -0.25) is 4.79 Å². The average Bonchev–Trinajstić information content (AvgIpc) is 2.89. The molecule has 0 atom stereocenters. The Kier molecular flexibility index (Phi) is 5.11. The van der Waals surface area contributed by atoms with Gasteiger partial charge < -0.3 is 10.1 Å². The summed E-state index contributed by atoms with van der Waals surface area (Å²) < 4.78 is 42.6. The van der Waals surface area contributed by atoms with E-state index in [-0.39, 0.29) is 29.8 Å². The van der Waals surface area contributed by atoms with Crippen LogP contribution in [0, 0.1) is 0 Å². The molecule has 0 aliphatic carbocycles.